The largest absolute Gasteiger partial charge is 0.477 e. The maximum Gasteiger partial charge on any atom is 0.340 e. The number of aliphatic hydroxyl groups excluding tert-OH is 1. The highest BCUT2D eigenvalue weighted by Crippen LogP contribution is 2.64. The van der Waals surface area contributed by atoms with Crippen LogP contribution in [0.4, 0.5) is 0 Å². The fraction of sp³-hybridized carbons (Fsp3) is 0.600. The lowest BCUT2D eigenvalue weighted by atomic mass is 9.49. The van der Waals surface area contributed by atoms with Crippen LogP contribution >= 0.6 is 0 Å². The first-order valence-electron chi connectivity index (χ1n) is 9.47. The number of likely N-dealkylation sites (tertiary alicyclic amines) is 1. The van der Waals surface area contributed by atoms with Gasteiger partial charge in [0.1, 0.15) is 6.10 Å². The van der Waals surface area contributed by atoms with Crippen molar-refractivity contribution in [3.8, 4) is 11.5 Å². The molecule has 7 nitrogen and oxygen atoms in total. The number of nitrogens with zero attached hydrogens (tertiary/aromatic N) is 1. The van der Waals surface area contributed by atoms with Gasteiger partial charge >= 0.3 is 5.97 Å². The highest BCUT2D eigenvalue weighted by molar-refractivity contribution is 5.90. The SMILES string of the molecule is CC(O)C(=O)Oc1ccc2c3c1O[C@H]1C(=O)CC[C@@]4(O)[C@@H](C2)N(C)CC[C@]314. The zero-order valence-corrected chi connectivity index (χ0v) is 15.4. The van der Waals surface area contributed by atoms with Crippen molar-refractivity contribution in [1.82, 2.24) is 4.90 Å². The molecule has 1 saturated carbocycles. The maximum absolute atomic E-state index is 12.8. The molecule has 2 bridgehead atoms. The van der Waals surface area contributed by atoms with Crippen LogP contribution in [0.1, 0.15) is 37.3 Å². The van der Waals surface area contributed by atoms with Gasteiger partial charge < -0.3 is 24.6 Å². The van der Waals surface area contributed by atoms with E-state index in [9.17, 15) is 19.8 Å². The highest BCUT2D eigenvalue weighted by atomic mass is 16.6. The van der Waals surface area contributed by atoms with Gasteiger partial charge in [0, 0.05) is 18.0 Å². The lowest BCUT2D eigenvalue weighted by Gasteiger charge is -2.62. The molecule has 0 aromatic heterocycles. The standard InChI is InChI=1S/C20H23NO6/c1-10(22)18(24)26-13-4-3-11-9-14-20(25)6-5-12(23)17-19(20,7-8-21(14)2)15(11)16(13)27-17/h3-4,10,14,17,22,25H,5-9H2,1-2H3/t10?,14-,17+,19+,20-/m1/s1. The van der Waals surface area contributed by atoms with Crippen molar-refractivity contribution in [2.24, 2.45) is 0 Å². The third-order valence-corrected chi connectivity index (χ3v) is 7.06. The van der Waals surface area contributed by atoms with Gasteiger partial charge in [-0.2, -0.15) is 0 Å². The van der Waals surface area contributed by atoms with Crippen molar-refractivity contribution in [3.05, 3.63) is 23.3 Å². The molecule has 1 aromatic rings. The predicted octanol–water partition coefficient (Wildman–Crippen LogP) is 0.326. The Hall–Kier alpha value is -1.96. The van der Waals surface area contributed by atoms with Crippen molar-refractivity contribution in [3.63, 3.8) is 0 Å². The average Bonchev–Trinajstić information content (AvgIpc) is 2.98. The van der Waals surface area contributed by atoms with E-state index < -0.39 is 29.2 Å². The van der Waals surface area contributed by atoms with E-state index in [0.29, 0.717) is 25.0 Å². The lowest BCUT2D eigenvalue weighted by molar-refractivity contribution is -0.185. The molecule has 1 unspecified atom stereocenters. The molecular weight excluding hydrogens is 350 g/mol. The summed E-state index contributed by atoms with van der Waals surface area (Å²) in [6, 6.07) is 3.48. The number of Topliss-reactive ketones (excluding diaryl/α,β-unsaturated/α-hetero) is 1. The number of carbonyl (C=O) groups excluding carboxylic acids is 2. The van der Waals surface area contributed by atoms with Crippen LogP contribution in [-0.2, 0) is 21.4 Å². The fourth-order valence-corrected chi connectivity index (χ4v) is 5.80. The van der Waals surface area contributed by atoms with Gasteiger partial charge in [-0.3, -0.25) is 4.79 Å². The highest BCUT2D eigenvalue weighted by Gasteiger charge is 2.72. The number of piperidine rings is 1. The molecule has 0 amide bonds. The first-order chi connectivity index (χ1) is 12.8. The number of carbonyl (C=O) groups is 2. The second-order valence-corrected chi connectivity index (χ2v) is 8.33. The Morgan fingerprint density at radius 2 is 2.19 bits per heavy atom. The smallest absolute Gasteiger partial charge is 0.340 e. The zero-order chi connectivity index (χ0) is 19.1. The number of aliphatic hydroxyl groups is 2. The molecule has 5 atom stereocenters. The topological polar surface area (TPSA) is 96.3 Å². The van der Waals surface area contributed by atoms with Gasteiger partial charge in [-0.05, 0) is 51.4 Å². The van der Waals surface area contributed by atoms with Crippen molar-refractivity contribution in [2.45, 2.75) is 61.9 Å². The van der Waals surface area contributed by atoms with E-state index in [1.54, 1.807) is 6.07 Å². The lowest BCUT2D eigenvalue weighted by Crippen LogP contribution is -2.76. The number of rotatable bonds is 2. The molecule has 7 heteroatoms. The van der Waals surface area contributed by atoms with Crippen LogP contribution in [0.15, 0.2) is 12.1 Å². The van der Waals surface area contributed by atoms with E-state index in [4.69, 9.17) is 9.47 Å². The van der Waals surface area contributed by atoms with Crippen LogP contribution in [0.5, 0.6) is 11.5 Å². The Morgan fingerprint density at radius 3 is 2.93 bits per heavy atom. The summed E-state index contributed by atoms with van der Waals surface area (Å²) in [6.45, 7) is 2.10. The summed E-state index contributed by atoms with van der Waals surface area (Å²) in [5.74, 6) is -0.209. The Morgan fingerprint density at radius 1 is 1.41 bits per heavy atom. The monoisotopic (exact) mass is 373 g/mol. The van der Waals surface area contributed by atoms with Crippen LogP contribution in [-0.4, -0.2) is 64.3 Å². The maximum atomic E-state index is 12.8. The van der Waals surface area contributed by atoms with Gasteiger partial charge in [0.25, 0.3) is 0 Å². The van der Waals surface area contributed by atoms with Gasteiger partial charge in [-0.15, -0.1) is 0 Å². The summed E-state index contributed by atoms with van der Waals surface area (Å²) in [4.78, 5) is 26.9. The van der Waals surface area contributed by atoms with E-state index in [1.807, 2.05) is 13.1 Å². The minimum Gasteiger partial charge on any atom is -0.477 e. The summed E-state index contributed by atoms with van der Waals surface area (Å²) >= 11 is 0. The second kappa shape index (κ2) is 5.31. The molecule has 2 aliphatic carbocycles. The number of esters is 1. The molecule has 2 fully saturated rings. The van der Waals surface area contributed by atoms with E-state index in [2.05, 4.69) is 4.90 Å². The van der Waals surface area contributed by atoms with Crippen molar-refractivity contribution in [1.29, 1.82) is 0 Å². The molecular formula is C20H23NO6. The van der Waals surface area contributed by atoms with Crippen LogP contribution < -0.4 is 9.47 Å². The summed E-state index contributed by atoms with van der Waals surface area (Å²) in [5, 5.41) is 21.3. The molecule has 2 heterocycles. The molecule has 2 N–H and O–H groups in total. The number of ether oxygens (including phenoxy) is 2. The molecule has 4 aliphatic rings. The van der Waals surface area contributed by atoms with Crippen LogP contribution in [0.3, 0.4) is 0 Å². The summed E-state index contributed by atoms with van der Waals surface area (Å²) in [6.07, 6.45) is -0.0576. The minimum absolute atomic E-state index is 0.0140. The van der Waals surface area contributed by atoms with Gasteiger partial charge in [-0.1, -0.05) is 6.07 Å². The summed E-state index contributed by atoms with van der Waals surface area (Å²) in [5.41, 5.74) is 0.00271. The molecule has 0 radical (unpaired) electrons. The normalized spacial score (nSPS) is 37.4. The van der Waals surface area contributed by atoms with Crippen molar-refractivity contribution < 1.29 is 29.3 Å². The minimum atomic E-state index is -1.26. The van der Waals surface area contributed by atoms with E-state index in [0.717, 1.165) is 17.7 Å². The Balaban J connectivity index is 1.73. The quantitative estimate of drug-likeness (QED) is 0.569. The van der Waals surface area contributed by atoms with Crippen LogP contribution in [0.25, 0.3) is 0 Å². The fourth-order valence-electron chi connectivity index (χ4n) is 5.80. The Kier molecular flexibility index (Phi) is 3.37. The van der Waals surface area contributed by atoms with Crippen LogP contribution in [0, 0.1) is 0 Å². The molecule has 2 aliphatic heterocycles. The van der Waals surface area contributed by atoms with Crippen LogP contribution in [0.2, 0.25) is 0 Å². The van der Waals surface area contributed by atoms with Gasteiger partial charge in [0.15, 0.2) is 23.4 Å². The van der Waals surface area contributed by atoms with Crippen molar-refractivity contribution in [2.75, 3.05) is 13.6 Å². The zero-order valence-electron chi connectivity index (χ0n) is 15.4. The van der Waals surface area contributed by atoms with Gasteiger partial charge in [0.05, 0.1) is 11.0 Å². The van der Waals surface area contributed by atoms with Gasteiger partial charge in [-0.25, -0.2) is 4.79 Å². The number of likely N-dealkylation sites (N-methyl/N-ethyl adjacent to an activating group) is 1. The molecule has 27 heavy (non-hydrogen) atoms. The van der Waals surface area contributed by atoms with Crippen molar-refractivity contribution >= 4 is 11.8 Å². The first kappa shape index (κ1) is 17.2. The average molecular weight is 373 g/mol. The van der Waals surface area contributed by atoms with E-state index in [1.165, 1.54) is 6.92 Å². The van der Waals surface area contributed by atoms with E-state index in [-0.39, 0.29) is 24.0 Å². The molecule has 144 valence electrons. The van der Waals surface area contributed by atoms with E-state index >= 15 is 0 Å². The molecule has 1 spiro atoms. The third kappa shape index (κ3) is 1.92. The molecule has 5 rings (SSSR count). The Labute approximate surface area is 156 Å². The molecule has 1 saturated heterocycles. The predicted molar refractivity (Wildman–Crippen MR) is 93.8 cm³/mol. The number of hydrogen-bond acceptors (Lipinski definition) is 7. The Bertz CT molecular complexity index is 866. The second-order valence-electron chi connectivity index (χ2n) is 8.33. The first-order valence-corrected chi connectivity index (χ1v) is 9.47. The summed E-state index contributed by atoms with van der Waals surface area (Å²) < 4.78 is 11.5. The summed E-state index contributed by atoms with van der Waals surface area (Å²) in [7, 11) is 2.02. The number of hydrogen-bond donors (Lipinski definition) is 2. The number of benzene rings is 1. The third-order valence-electron chi connectivity index (χ3n) is 7.06. The molecule has 1 aromatic carbocycles. The number of ketones is 1. The van der Waals surface area contributed by atoms with Gasteiger partial charge in [0.2, 0.25) is 0 Å².